The summed E-state index contributed by atoms with van der Waals surface area (Å²) >= 11 is 0. The number of hydrogen-bond donors (Lipinski definition) is 1. The van der Waals surface area contributed by atoms with Gasteiger partial charge in [-0.15, -0.1) is 0 Å². The third-order valence-corrected chi connectivity index (χ3v) is 1.62. The summed E-state index contributed by atoms with van der Waals surface area (Å²) < 4.78 is 0. The van der Waals surface area contributed by atoms with Gasteiger partial charge in [-0.2, -0.15) is 0 Å². The average molecular weight is 162 g/mol. The van der Waals surface area contributed by atoms with Crippen molar-refractivity contribution < 1.29 is 0 Å². The van der Waals surface area contributed by atoms with Gasteiger partial charge in [0.2, 0.25) is 0 Å². The molecule has 2 N–H and O–H groups in total. The lowest BCUT2D eigenvalue weighted by atomic mass is 10.2. The van der Waals surface area contributed by atoms with Crippen molar-refractivity contribution in [2.45, 2.75) is 19.8 Å². The number of aromatic nitrogens is 1. The second-order valence-electron chi connectivity index (χ2n) is 2.67. The molecule has 0 aliphatic rings. The lowest BCUT2D eigenvalue weighted by Gasteiger charge is -1.96. The molecule has 0 unspecified atom stereocenters. The van der Waals surface area contributed by atoms with Crippen LogP contribution in [0.3, 0.4) is 0 Å². The molecule has 0 saturated heterocycles. The van der Waals surface area contributed by atoms with Crippen LogP contribution in [-0.2, 0) is 0 Å². The normalized spacial score (nSPS) is 10.8. The van der Waals surface area contributed by atoms with Crippen LogP contribution in [0.5, 0.6) is 0 Å². The molecule has 0 fully saturated rings. The third-order valence-electron chi connectivity index (χ3n) is 1.62. The molecule has 0 bridgehead atoms. The summed E-state index contributed by atoms with van der Waals surface area (Å²) in [7, 11) is 0. The standard InChI is InChI=1S/C10H14N2/c1-2-3-4-6-9-7-5-8-12-10(9)11/h4-8H,2-3H2,1H3,(H2,11,12)/b6-4-. The van der Waals surface area contributed by atoms with Crippen molar-refractivity contribution >= 4 is 11.9 Å². The Labute approximate surface area is 73.1 Å². The fraction of sp³-hybridized carbons (Fsp3) is 0.300. The average Bonchev–Trinajstić information content (AvgIpc) is 2.09. The molecule has 0 amide bonds. The van der Waals surface area contributed by atoms with E-state index in [1.165, 1.54) is 0 Å². The Morgan fingerprint density at radius 2 is 2.42 bits per heavy atom. The van der Waals surface area contributed by atoms with Gasteiger partial charge in [0, 0.05) is 11.8 Å². The monoisotopic (exact) mass is 162 g/mol. The molecule has 0 spiro atoms. The number of unbranched alkanes of at least 4 members (excludes halogenated alkanes) is 1. The van der Waals surface area contributed by atoms with Crippen LogP contribution >= 0.6 is 0 Å². The molecule has 12 heavy (non-hydrogen) atoms. The van der Waals surface area contributed by atoms with Gasteiger partial charge < -0.3 is 5.73 Å². The topological polar surface area (TPSA) is 38.9 Å². The molecule has 1 rings (SSSR count). The van der Waals surface area contributed by atoms with Crippen LogP contribution in [0.2, 0.25) is 0 Å². The van der Waals surface area contributed by atoms with Gasteiger partial charge in [-0.25, -0.2) is 4.98 Å². The number of pyridine rings is 1. The summed E-state index contributed by atoms with van der Waals surface area (Å²) in [4.78, 5) is 3.98. The first-order valence-corrected chi connectivity index (χ1v) is 4.21. The molecule has 1 aromatic rings. The van der Waals surface area contributed by atoms with Crippen LogP contribution < -0.4 is 5.73 Å². The fourth-order valence-corrected chi connectivity index (χ4v) is 0.948. The Balaban J connectivity index is 2.68. The highest BCUT2D eigenvalue weighted by molar-refractivity contribution is 5.60. The van der Waals surface area contributed by atoms with E-state index in [0.29, 0.717) is 5.82 Å². The highest BCUT2D eigenvalue weighted by atomic mass is 14.8. The van der Waals surface area contributed by atoms with Gasteiger partial charge in [0.05, 0.1) is 0 Å². The molecular weight excluding hydrogens is 148 g/mol. The second-order valence-corrected chi connectivity index (χ2v) is 2.67. The maximum absolute atomic E-state index is 5.64. The van der Waals surface area contributed by atoms with E-state index in [2.05, 4.69) is 18.0 Å². The van der Waals surface area contributed by atoms with E-state index in [1.54, 1.807) is 6.20 Å². The highest BCUT2D eigenvalue weighted by Gasteiger charge is 1.91. The summed E-state index contributed by atoms with van der Waals surface area (Å²) in [6.07, 6.45) is 8.09. The molecule has 2 heteroatoms. The molecule has 0 radical (unpaired) electrons. The summed E-state index contributed by atoms with van der Waals surface area (Å²) in [5.41, 5.74) is 6.65. The Hall–Kier alpha value is -1.31. The van der Waals surface area contributed by atoms with Crippen LogP contribution in [0.15, 0.2) is 24.4 Å². The SMILES string of the molecule is CCC/C=C\c1cccnc1N. The van der Waals surface area contributed by atoms with Gasteiger partial charge >= 0.3 is 0 Å². The highest BCUT2D eigenvalue weighted by Crippen LogP contribution is 2.09. The van der Waals surface area contributed by atoms with E-state index in [4.69, 9.17) is 5.73 Å². The van der Waals surface area contributed by atoms with Crippen LogP contribution in [0.1, 0.15) is 25.3 Å². The van der Waals surface area contributed by atoms with Gasteiger partial charge in [-0.3, -0.25) is 0 Å². The van der Waals surface area contributed by atoms with E-state index in [1.807, 2.05) is 18.2 Å². The molecule has 1 heterocycles. The van der Waals surface area contributed by atoms with Gasteiger partial charge in [-0.1, -0.05) is 25.5 Å². The van der Waals surface area contributed by atoms with Gasteiger partial charge in [-0.05, 0) is 18.6 Å². The quantitative estimate of drug-likeness (QED) is 0.741. The minimum Gasteiger partial charge on any atom is -0.383 e. The van der Waals surface area contributed by atoms with Crippen molar-refractivity contribution in [3.63, 3.8) is 0 Å². The number of hydrogen-bond acceptors (Lipinski definition) is 2. The van der Waals surface area contributed by atoms with Crippen molar-refractivity contribution in [1.82, 2.24) is 4.98 Å². The van der Waals surface area contributed by atoms with Crippen LogP contribution in [0.4, 0.5) is 5.82 Å². The van der Waals surface area contributed by atoms with E-state index >= 15 is 0 Å². The first-order valence-electron chi connectivity index (χ1n) is 4.21. The summed E-state index contributed by atoms with van der Waals surface area (Å²) in [6, 6.07) is 3.86. The molecule has 0 aromatic carbocycles. The Bertz CT molecular complexity index is 266. The number of nitrogens with zero attached hydrogens (tertiary/aromatic N) is 1. The van der Waals surface area contributed by atoms with Crippen molar-refractivity contribution in [3.05, 3.63) is 30.0 Å². The number of nitrogen functional groups attached to an aromatic ring is 1. The number of nitrogens with two attached hydrogens (primary N) is 1. The lowest BCUT2D eigenvalue weighted by molar-refractivity contribution is 0.962. The minimum atomic E-state index is 0.602. The zero-order valence-corrected chi connectivity index (χ0v) is 7.33. The second kappa shape index (κ2) is 4.54. The number of rotatable bonds is 3. The minimum absolute atomic E-state index is 0.602. The molecule has 1 aromatic heterocycles. The molecular formula is C10H14N2. The zero-order valence-electron chi connectivity index (χ0n) is 7.33. The van der Waals surface area contributed by atoms with E-state index in [0.717, 1.165) is 18.4 Å². The maximum Gasteiger partial charge on any atom is 0.130 e. The van der Waals surface area contributed by atoms with E-state index in [9.17, 15) is 0 Å². The predicted octanol–water partition coefficient (Wildman–Crippen LogP) is 2.48. The molecule has 0 atom stereocenters. The van der Waals surface area contributed by atoms with Crippen LogP contribution in [0.25, 0.3) is 6.08 Å². The van der Waals surface area contributed by atoms with Gasteiger partial charge in [0.1, 0.15) is 5.82 Å². The maximum atomic E-state index is 5.64. The van der Waals surface area contributed by atoms with Gasteiger partial charge in [0.15, 0.2) is 0 Å². The number of allylic oxidation sites excluding steroid dienone is 1. The smallest absolute Gasteiger partial charge is 0.130 e. The van der Waals surface area contributed by atoms with Crippen molar-refractivity contribution in [1.29, 1.82) is 0 Å². The fourth-order valence-electron chi connectivity index (χ4n) is 0.948. The molecule has 0 aliphatic carbocycles. The van der Waals surface area contributed by atoms with Crippen molar-refractivity contribution in [2.24, 2.45) is 0 Å². The number of anilines is 1. The molecule has 64 valence electrons. The Kier molecular flexibility index (Phi) is 3.33. The van der Waals surface area contributed by atoms with E-state index in [-0.39, 0.29) is 0 Å². The van der Waals surface area contributed by atoms with Crippen molar-refractivity contribution in [2.75, 3.05) is 5.73 Å². The predicted molar refractivity (Wildman–Crippen MR) is 52.6 cm³/mol. The lowest BCUT2D eigenvalue weighted by Crippen LogP contribution is -1.91. The molecule has 0 aliphatic heterocycles. The molecule has 0 saturated carbocycles. The van der Waals surface area contributed by atoms with Crippen LogP contribution in [-0.4, -0.2) is 4.98 Å². The molecule has 2 nitrogen and oxygen atoms in total. The first kappa shape index (κ1) is 8.78. The third kappa shape index (κ3) is 2.38. The van der Waals surface area contributed by atoms with E-state index < -0.39 is 0 Å². The zero-order chi connectivity index (χ0) is 8.81. The Morgan fingerprint density at radius 1 is 1.58 bits per heavy atom. The van der Waals surface area contributed by atoms with Gasteiger partial charge in [0.25, 0.3) is 0 Å². The largest absolute Gasteiger partial charge is 0.383 e. The summed E-state index contributed by atoms with van der Waals surface area (Å²) in [6.45, 7) is 2.15. The Morgan fingerprint density at radius 3 is 3.08 bits per heavy atom. The first-order chi connectivity index (χ1) is 5.84. The van der Waals surface area contributed by atoms with Crippen LogP contribution in [0, 0.1) is 0 Å². The summed E-state index contributed by atoms with van der Waals surface area (Å²) in [5, 5.41) is 0. The summed E-state index contributed by atoms with van der Waals surface area (Å²) in [5.74, 6) is 0.602. The van der Waals surface area contributed by atoms with Crippen molar-refractivity contribution in [3.8, 4) is 0 Å².